The smallest absolute Gasteiger partial charge is 0.252 e. The molecule has 2 aliphatic rings. The zero-order chi connectivity index (χ0) is 28.6. The summed E-state index contributed by atoms with van der Waals surface area (Å²) in [5.41, 5.74) is -0.0211. The number of alkyl halides is 2. The molecule has 14 heteroatoms. The van der Waals surface area contributed by atoms with Crippen molar-refractivity contribution in [1.29, 1.82) is 0 Å². The topological polar surface area (TPSA) is 95.5 Å². The third kappa shape index (κ3) is 6.29. The first kappa shape index (κ1) is 30.6. The van der Waals surface area contributed by atoms with Crippen LogP contribution < -0.4 is 15.1 Å². The van der Waals surface area contributed by atoms with Crippen LogP contribution in [0.1, 0.15) is 37.3 Å². The molecule has 5 rings (SSSR count). The Hall–Kier alpha value is -3.35. The van der Waals surface area contributed by atoms with E-state index in [0.717, 1.165) is 21.9 Å². The maximum absolute atomic E-state index is 14.5. The number of halogens is 5. The molecule has 2 heterocycles. The van der Waals surface area contributed by atoms with E-state index in [1.807, 2.05) is 0 Å². The molecule has 216 valence electrons. The third-order valence-electron chi connectivity index (χ3n) is 6.80. The third-order valence-corrected chi connectivity index (χ3v) is 7.46. The quantitative estimate of drug-likeness (QED) is 0.388. The van der Waals surface area contributed by atoms with E-state index in [1.165, 1.54) is 42.7 Å². The molecule has 1 N–H and O–H groups in total. The highest BCUT2D eigenvalue weighted by Crippen LogP contribution is 2.41. The number of benzene rings is 2. The lowest BCUT2D eigenvalue weighted by molar-refractivity contribution is -0.133. The van der Waals surface area contributed by atoms with Gasteiger partial charge in [0.2, 0.25) is 17.8 Å². The Morgan fingerprint density at radius 2 is 1.68 bits per heavy atom. The average molecular weight is 626 g/mol. The van der Waals surface area contributed by atoms with Gasteiger partial charge in [-0.1, -0.05) is 35.3 Å². The van der Waals surface area contributed by atoms with Crippen molar-refractivity contribution in [2.45, 2.75) is 49.7 Å². The van der Waals surface area contributed by atoms with Gasteiger partial charge < -0.3 is 5.32 Å². The van der Waals surface area contributed by atoms with Crippen molar-refractivity contribution in [2.75, 3.05) is 9.80 Å². The van der Waals surface area contributed by atoms with Crippen molar-refractivity contribution >= 4 is 66.1 Å². The van der Waals surface area contributed by atoms with Gasteiger partial charge in [-0.05, 0) is 42.8 Å². The number of carbonyl (C=O) groups excluding carboxylic acids is 3. The van der Waals surface area contributed by atoms with Gasteiger partial charge in [-0.15, -0.1) is 0 Å². The lowest BCUT2D eigenvalue weighted by atomic mass is 9.87. The van der Waals surface area contributed by atoms with E-state index in [1.54, 1.807) is 6.07 Å². The predicted octanol–water partition coefficient (Wildman–Crippen LogP) is 5.22. The van der Waals surface area contributed by atoms with Gasteiger partial charge in [-0.25, -0.2) is 23.1 Å². The fourth-order valence-electron chi connectivity index (χ4n) is 4.97. The van der Waals surface area contributed by atoms with Gasteiger partial charge in [0, 0.05) is 59.0 Å². The second kappa shape index (κ2) is 12.3. The molecule has 1 aliphatic heterocycles. The molecule has 1 saturated carbocycles. The van der Waals surface area contributed by atoms with Crippen LogP contribution >= 0.6 is 36.7 Å². The molecule has 2 atom stereocenters. The van der Waals surface area contributed by atoms with Crippen LogP contribution in [0.25, 0.3) is 0 Å². The molecule has 1 aromatic heterocycles. The lowest BCUT2D eigenvalue weighted by Gasteiger charge is -2.39. The molecule has 41 heavy (non-hydrogen) atoms. The fraction of sp³-hybridized carbons (Fsp3) is 0.296. The second-order valence-electron chi connectivity index (χ2n) is 9.56. The second-order valence-corrected chi connectivity index (χ2v) is 10.4. The molecule has 2 aromatic carbocycles. The lowest BCUT2D eigenvalue weighted by Crippen LogP contribution is -2.56. The molecule has 3 amide bonds. The molecule has 2 fully saturated rings. The Bertz CT molecular complexity index is 1440. The summed E-state index contributed by atoms with van der Waals surface area (Å²) in [5.74, 6) is -5.68. The highest BCUT2D eigenvalue weighted by Gasteiger charge is 2.49. The zero-order valence-corrected chi connectivity index (χ0v) is 23.7. The minimum Gasteiger partial charge on any atom is -0.351 e. The van der Waals surface area contributed by atoms with E-state index >= 15 is 0 Å². The summed E-state index contributed by atoms with van der Waals surface area (Å²) in [5, 5.41) is 2.60. The minimum absolute atomic E-state index is 0. The van der Waals surface area contributed by atoms with Crippen LogP contribution in [-0.2, 0) is 14.4 Å². The van der Waals surface area contributed by atoms with Crippen molar-refractivity contribution in [1.82, 2.24) is 15.3 Å². The Morgan fingerprint density at radius 1 is 1.05 bits per heavy atom. The molecule has 0 bridgehead atoms. The van der Waals surface area contributed by atoms with Gasteiger partial charge in [0.1, 0.15) is 17.9 Å². The van der Waals surface area contributed by atoms with Crippen molar-refractivity contribution in [3.63, 3.8) is 0 Å². The van der Waals surface area contributed by atoms with Crippen molar-refractivity contribution in [3.8, 4) is 0 Å². The van der Waals surface area contributed by atoms with E-state index in [0.29, 0.717) is 0 Å². The van der Waals surface area contributed by atoms with Crippen LogP contribution in [0.4, 0.5) is 24.8 Å². The number of hydrogen-bond acceptors (Lipinski definition) is 5. The van der Waals surface area contributed by atoms with E-state index in [4.69, 9.17) is 23.2 Å². The summed E-state index contributed by atoms with van der Waals surface area (Å²) < 4.78 is 41.7. The van der Waals surface area contributed by atoms with Crippen LogP contribution in [0.5, 0.6) is 0 Å². The standard InChI is InChI=1S/C27H22Cl2F3N5O3.H2S/c28-18-6-2-7-19(29)22(18)23(24(39)35-16-13-27(31,32)14-16)36(17-5-1-4-15(30)12-17)25(40)20-8-9-21(38)37(20)26-33-10-3-11-34-26;/h1-7,10-12,16,20,23H,8-9,13-14H2,(H,35,39);1H2/t20-,23-;/m0./s1. The highest BCUT2D eigenvalue weighted by molar-refractivity contribution is 7.59. The average Bonchev–Trinajstić information content (AvgIpc) is 3.28. The van der Waals surface area contributed by atoms with Crippen LogP contribution in [0.3, 0.4) is 0 Å². The van der Waals surface area contributed by atoms with E-state index in [9.17, 15) is 27.6 Å². The van der Waals surface area contributed by atoms with Gasteiger partial charge in [0.25, 0.3) is 11.8 Å². The van der Waals surface area contributed by atoms with Crippen LogP contribution in [0, 0.1) is 5.82 Å². The van der Waals surface area contributed by atoms with Crippen LogP contribution in [0.15, 0.2) is 60.9 Å². The molecule has 1 saturated heterocycles. The Kier molecular flexibility index (Phi) is 9.15. The first-order valence-corrected chi connectivity index (χ1v) is 13.1. The van der Waals surface area contributed by atoms with Crippen molar-refractivity contribution in [3.05, 3.63) is 82.4 Å². The molecule has 0 spiro atoms. The maximum Gasteiger partial charge on any atom is 0.252 e. The molecular weight excluding hydrogens is 602 g/mol. The number of anilines is 2. The van der Waals surface area contributed by atoms with Crippen LogP contribution in [0.2, 0.25) is 10.0 Å². The fourth-order valence-corrected chi connectivity index (χ4v) is 5.57. The SMILES string of the molecule is O=C(NC1CC(F)(F)C1)[C@H](c1c(Cl)cccc1Cl)N(C(=O)[C@@H]1CCC(=O)N1c1ncccn1)c1cccc(F)c1.S. The summed E-state index contributed by atoms with van der Waals surface area (Å²) in [6.07, 6.45) is 1.72. The Morgan fingerprint density at radius 3 is 2.29 bits per heavy atom. The number of rotatable bonds is 7. The minimum atomic E-state index is -2.92. The van der Waals surface area contributed by atoms with E-state index in [-0.39, 0.29) is 53.6 Å². The van der Waals surface area contributed by atoms with Crippen molar-refractivity contribution in [2.24, 2.45) is 0 Å². The van der Waals surface area contributed by atoms with Crippen molar-refractivity contribution < 1.29 is 27.6 Å². The summed E-state index contributed by atoms with van der Waals surface area (Å²) in [6, 6.07) is 7.32. The Balaban J connectivity index is 0.00000387. The monoisotopic (exact) mass is 625 g/mol. The van der Waals surface area contributed by atoms with Crippen LogP contribution in [-0.4, -0.2) is 45.7 Å². The largest absolute Gasteiger partial charge is 0.351 e. The highest BCUT2D eigenvalue weighted by atomic mass is 35.5. The first-order valence-electron chi connectivity index (χ1n) is 12.4. The summed E-state index contributed by atoms with van der Waals surface area (Å²) >= 11 is 13.0. The summed E-state index contributed by atoms with van der Waals surface area (Å²) in [7, 11) is 0. The summed E-state index contributed by atoms with van der Waals surface area (Å²) in [6.45, 7) is 0. The molecule has 0 unspecified atom stereocenters. The molecule has 8 nitrogen and oxygen atoms in total. The summed E-state index contributed by atoms with van der Waals surface area (Å²) in [4.78, 5) is 51.4. The zero-order valence-electron chi connectivity index (χ0n) is 21.2. The molecule has 0 radical (unpaired) electrons. The van der Waals surface area contributed by atoms with E-state index in [2.05, 4.69) is 15.3 Å². The number of hydrogen-bond donors (Lipinski definition) is 1. The van der Waals surface area contributed by atoms with Gasteiger partial charge in [-0.3, -0.25) is 24.2 Å². The number of carbonyl (C=O) groups is 3. The Labute approximate surface area is 250 Å². The number of aromatic nitrogens is 2. The molecular formula is C27H24Cl2F3N5O3S. The normalized spacial score (nSPS) is 18.7. The first-order chi connectivity index (χ1) is 19.1. The predicted molar refractivity (Wildman–Crippen MR) is 152 cm³/mol. The van der Waals surface area contributed by atoms with Gasteiger partial charge in [-0.2, -0.15) is 13.5 Å². The molecule has 3 aromatic rings. The van der Waals surface area contributed by atoms with E-state index < -0.39 is 60.4 Å². The maximum atomic E-state index is 14.5. The van der Waals surface area contributed by atoms with Gasteiger partial charge in [0.05, 0.1) is 0 Å². The molecule has 1 aliphatic carbocycles. The van der Waals surface area contributed by atoms with Gasteiger partial charge >= 0.3 is 0 Å². The number of amides is 3. The van der Waals surface area contributed by atoms with Gasteiger partial charge in [0.15, 0.2) is 0 Å². The number of nitrogens with one attached hydrogen (secondary N) is 1. The number of nitrogens with zero attached hydrogens (tertiary/aromatic N) is 4.